The minimum Gasteiger partial charge on any atom is -0.394 e. The Morgan fingerprint density at radius 2 is 1.64 bits per heavy atom. The van der Waals surface area contributed by atoms with Gasteiger partial charge in [0.2, 0.25) is 0 Å². The molecule has 0 aliphatic carbocycles. The SMILES string of the molecule is Cc1cc(N(CCOCCO)CCOCCOCCO)ccc1N=Nc1sc(C(N)=O)c(C)c1C#N. The van der Waals surface area contributed by atoms with Crippen molar-refractivity contribution in [3.63, 3.8) is 0 Å². The zero-order chi connectivity index (χ0) is 26.3. The highest BCUT2D eigenvalue weighted by Gasteiger charge is 2.18. The van der Waals surface area contributed by atoms with Gasteiger partial charge in [-0.05, 0) is 43.2 Å². The molecule has 0 radical (unpaired) electrons. The Balaban J connectivity index is 2.10. The van der Waals surface area contributed by atoms with Gasteiger partial charge < -0.3 is 35.1 Å². The maximum Gasteiger partial charge on any atom is 0.259 e. The second-order valence-corrected chi connectivity index (χ2v) is 8.65. The number of ether oxygens (including phenoxy) is 3. The molecule has 0 fully saturated rings. The number of nitriles is 1. The first-order chi connectivity index (χ1) is 17.4. The molecule has 0 saturated carbocycles. The summed E-state index contributed by atoms with van der Waals surface area (Å²) in [6, 6.07) is 7.79. The number of hydrogen-bond donors (Lipinski definition) is 3. The maximum atomic E-state index is 11.6. The van der Waals surface area contributed by atoms with Gasteiger partial charge in [0, 0.05) is 18.8 Å². The Labute approximate surface area is 214 Å². The number of carbonyl (C=O) groups excluding carboxylic acids is 1. The van der Waals surface area contributed by atoms with E-state index in [-0.39, 0.29) is 26.4 Å². The average molecular weight is 520 g/mol. The molecule has 2 aromatic rings. The van der Waals surface area contributed by atoms with Crippen molar-refractivity contribution in [1.29, 1.82) is 5.26 Å². The quantitative estimate of drug-likeness (QED) is 0.212. The van der Waals surface area contributed by atoms with Gasteiger partial charge in [-0.1, -0.05) is 0 Å². The molecule has 0 bridgehead atoms. The van der Waals surface area contributed by atoms with E-state index in [1.807, 2.05) is 25.1 Å². The third-order valence-corrected chi connectivity index (χ3v) is 6.30. The summed E-state index contributed by atoms with van der Waals surface area (Å²) in [4.78, 5) is 14.0. The fourth-order valence-corrected chi connectivity index (χ4v) is 4.19. The predicted molar refractivity (Wildman–Crippen MR) is 136 cm³/mol. The van der Waals surface area contributed by atoms with Crippen LogP contribution in [0.5, 0.6) is 0 Å². The summed E-state index contributed by atoms with van der Waals surface area (Å²) in [7, 11) is 0. The van der Waals surface area contributed by atoms with Gasteiger partial charge >= 0.3 is 0 Å². The molecule has 1 aromatic carbocycles. The number of carbonyl (C=O) groups is 1. The Morgan fingerprint density at radius 1 is 1.03 bits per heavy atom. The number of amides is 1. The standard InChI is InChI=1S/C24H33N5O6S/c1-17-15-19(29(5-9-33-11-7-30)6-10-34-13-14-35-12-8-31)3-4-21(17)27-28-24-20(16-25)18(2)22(36-24)23(26)32/h3-4,15,30-31H,5-14H2,1-2H3,(H2,26,32). The van der Waals surface area contributed by atoms with E-state index in [0.29, 0.717) is 66.2 Å². The van der Waals surface area contributed by atoms with E-state index in [9.17, 15) is 10.1 Å². The highest BCUT2D eigenvalue weighted by atomic mass is 32.1. The maximum absolute atomic E-state index is 11.6. The number of azo groups is 1. The van der Waals surface area contributed by atoms with Crippen molar-refractivity contribution in [3.8, 4) is 6.07 Å². The Morgan fingerprint density at radius 3 is 2.19 bits per heavy atom. The van der Waals surface area contributed by atoms with Gasteiger partial charge in [0.25, 0.3) is 5.91 Å². The van der Waals surface area contributed by atoms with Crippen molar-refractivity contribution in [2.45, 2.75) is 13.8 Å². The van der Waals surface area contributed by atoms with Crippen LogP contribution >= 0.6 is 11.3 Å². The van der Waals surface area contributed by atoms with Crippen LogP contribution in [0.3, 0.4) is 0 Å². The first-order valence-electron chi connectivity index (χ1n) is 11.5. The van der Waals surface area contributed by atoms with Gasteiger partial charge in [-0.15, -0.1) is 21.6 Å². The third kappa shape index (κ3) is 8.94. The molecule has 0 aliphatic rings. The highest BCUT2D eigenvalue weighted by molar-refractivity contribution is 7.18. The summed E-state index contributed by atoms with van der Waals surface area (Å²) in [6.07, 6.45) is 0. The van der Waals surface area contributed by atoms with E-state index in [1.54, 1.807) is 6.92 Å². The van der Waals surface area contributed by atoms with Gasteiger partial charge in [-0.25, -0.2) is 0 Å². The molecule has 36 heavy (non-hydrogen) atoms. The van der Waals surface area contributed by atoms with E-state index in [1.165, 1.54) is 0 Å². The molecule has 0 aliphatic heterocycles. The molecule has 1 aromatic heterocycles. The van der Waals surface area contributed by atoms with Crippen molar-refractivity contribution in [2.24, 2.45) is 16.0 Å². The van der Waals surface area contributed by atoms with E-state index >= 15 is 0 Å². The van der Waals surface area contributed by atoms with E-state index < -0.39 is 5.91 Å². The van der Waals surface area contributed by atoms with Gasteiger partial charge in [-0.3, -0.25) is 4.79 Å². The second-order valence-electron chi connectivity index (χ2n) is 7.65. The number of benzene rings is 1. The number of nitrogens with two attached hydrogens (primary N) is 1. The molecule has 12 heteroatoms. The fraction of sp³-hybridized carbons (Fsp3) is 0.500. The molecular weight excluding hydrogens is 486 g/mol. The normalized spacial score (nSPS) is 11.2. The lowest BCUT2D eigenvalue weighted by Gasteiger charge is -2.25. The predicted octanol–water partition coefficient (Wildman–Crippen LogP) is 2.59. The van der Waals surface area contributed by atoms with Crippen molar-refractivity contribution < 1.29 is 29.2 Å². The van der Waals surface area contributed by atoms with E-state index in [0.717, 1.165) is 22.6 Å². The van der Waals surface area contributed by atoms with Crippen LogP contribution in [0.4, 0.5) is 16.4 Å². The molecule has 11 nitrogen and oxygen atoms in total. The summed E-state index contributed by atoms with van der Waals surface area (Å²) < 4.78 is 16.3. The molecule has 0 saturated heterocycles. The van der Waals surface area contributed by atoms with Crippen LogP contribution < -0.4 is 10.6 Å². The van der Waals surface area contributed by atoms with Crippen molar-refractivity contribution in [1.82, 2.24) is 0 Å². The monoisotopic (exact) mass is 519 g/mol. The van der Waals surface area contributed by atoms with Gasteiger partial charge in [0.05, 0.1) is 69.0 Å². The molecule has 0 atom stereocenters. The van der Waals surface area contributed by atoms with E-state index in [2.05, 4.69) is 21.2 Å². The van der Waals surface area contributed by atoms with Gasteiger partial charge in [0.1, 0.15) is 6.07 Å². The third-order valence-electron chi connectivity index (χ3n) is 5.11. The molecule has 1 heterocycles. The molecule has 0 spiro atoms. The van der Waals surface area contributed by atoms with Crippen LogP contribution in [-0.4, -0.2) is 82.1 Å². The number of rotatable bonds is 17. The van der Waals surface area contributed by atoms with Crippen LogP contribution in [0, 0.1) is 25.2 Å². The Hall–Kier alpha value is -2.92. The molecule has 2 rings (SSSR count). The van der Waals surface area contributed by atoms with Crippen molar-refractivity contribution >= 4 is 33.6 Å². The smallest absolute Gasteiger partial charge is 0.259 e. The summed E-state index contributed by atoms with van der Waals surface area (Å²) in [5, 5.41) is 36.0. The molecule has 196 valence electrons. The summed E-state index contributed by atoms with van der Waals surface area (Å²) >= 11 is 1.05. The second kappa shape index (κ2) is 15.9. The van der Waals surface area contributed by atoms with Gasteiger partial charge in [-0.2, -0.15) is 5.26 Å². The molecule has 4 N–H and O–H groups in total. The summed E-state index contributed by atoms with van der Waals surface area (Å²) in [5.74, 6) is -0.597. The zero-order valence-corrected chi connectivity index (χ0v) is 21.4. The van der Waals surface area contributed by atoms with Crippen LogP contribution in [-0.2, 0) is 14.2 Å². The number of aliphatic hydroxyl groups is 2. The number of primary amides is 1. The lowest BCUT2D eigenvalue weighted by Crippen LogP contribution is -2.31. The molecule has 1 amide bonds. The minimum atomic E-state index is -0.597. The van der Waals surface area contributed by atoms with Crippen molar-refractivity contribution in [3.05, 3.63) is 39.8 Å². The van der Waals surface area contributed by atoms with Crippen molar-refractivity contribution in [2.75, 3.05) is 70.8 Å². The summed E-state index contributed by atoms with van der Waals surface area (Å²) in [6.45, 7) is 7.05. The van der Waals surface area contributed by atoms with E-state index in [4.69, 9.17) is 30.2 Å². The molecular formula is C24H33N5O6S. The van der Waals surface area contributed by atoms with Gasteiger partial charge in [0.15, 0.2) is 5.00 Å². The Bertz CT molecular complexity index is 1050. The zero-order valence-electron chi connectivity index (χ0n) is 20.6. The number of aliphatic hydroxyl groups excluding tert-OH is 2. The number of nitrogens with zero attached hydrogens (tertiary/aromatic N) is 4. The first kappa shape index (κ1) is 29.3. The fourth-order valence-electron chi connectivity index (χ4n) is 3.26. The largest absolute Gasteiger partial charge is 0.394 e. The number of aryl methyl sites for hydroxylation is 1. The average Bonchev–Trinajstić information content (AvgIpc) is 3.19. The van der Waals surface area contributed by atoms with Crippen LogP contribution in [0.25, 0.3) is 0 Å². The number of anilines is 1. The lowest BCUT2D eigenvalue weighted by atomic mass is 10.1. The molecule has 0 unspecified atom stereocenters. The Kier molecular flexibility index (Phi) is 13.0. The number of thiophene rings is 1. The topological polar surface area (TPSA) is 163 Å². The minimum absolute atomic E-state index is 0.0165. The first-order valence-corrected chi connectivity index (χ1v) is 12.3. The summed E-state index contributed by atoms with van der Waals surface area (Å²) in [5.41, 5.74) is 8.64. The van der Waals surface area contributed by atoms with Crippen LogP contribution in [0.15, 0.2) is 28.4 Å². The van der Waals surface area contributed by atoms with Crippen LogP contribution in [0.1, 0.15) is 26.4 Å². The lowest BCUT2D eigenvalue weighted by molar-refractivity contribution is 0.0347. The number of hydrogen-bond acceptors (Lipinski definition) is 11. The highest BCUT2D eigenvalue weighted by Crippen LogP contribution is 2.36. The van der Waals surface area contributed by atoms with Crippen LogP contribution in [0.2, 0.25) is 0 Å².